The summed E-state index contributed by atoms with van der Waals surface area (Å²) in [4.78, 5) is 0. The smallest absolute Gasteiger partial charge is 0.128 e. The van der Waals surface area contributed by atoms with Crippen molar-refractivity contribution in [2.24, 2.45) is 0 Å². The molecule has 0 aliphatic heterocycles. The zero-order valence-corrected chi connectivity index (χ0v) is 11.8. The number of ether oxygens (including phenoxy) is 1. The van der Waals surface area contributed by atoms with Crippen LogP contribution in [0.5, 0.6) is 0 Å². The Hall–Kier alpha value is -0.930. The maximum Gasteiger partial charge on any atom is 0.128 e. The van der Waals surface area contributed by atoms with Crippen LogP contribution < -0.4 is 5.32 Å². The van der Waals surface area contributed by atoms with Crippen molar-refractivity contribution in [3.63, 3.8) is 0 Å². The molecular formula is C15H24FNO. The van der Waals surface area contributed by atoms with Crippen molar-refractivity contribution in [1.29, 1.82) is 0 Å². The Morgan fingerprint density at radius 1 is 1.33 bits per heavy atom. The summed E-state index contributed by atoms with van der Waals surface area (Å²) in [6.45, 7) is 7.00. The van der Waals surface area contributed by atoms with Crippen LogP contribution in [0.4, 0.5) is 4.39 Å². The van der Waals surface area contributed by atoms with Gasteiger partial charge in [0.25, 0.3) is 0 Å². The Morgan fingerprint density at radius 3 is 2.61 bits per heavy atom. The molecule has 102 valence electrons. The minimum atomic E-state index is -0.162. The summed E-state index contributed by atoms with van der Waals surface area (Å²) >= 11 is 0. The van der Waals surface area contributed by atoms with Crippen LogP contribution in [0.25, 0.3) is 0 Å². The van der Waals surface area contributed by atoms with E-state index < -0.39 is 0 Å². The van der Waals surface area contributed by atoms with E-state index in [4.69, 9.17) is 4.74 Å². The van der Waals surface area contributed by atoms with E-state index in [-0.39, 0.29) is 18.0 Å². The second-order valence-corrected chi connectivity index (χ2v) is 4.64. The number of aryl methyl sites for hydroxylation is 1. The van der Waals surface area contributed by atoms with Crippen molar-refractivity contribution in [2.75, 3.05) is 13.7 Å². The zero-order chi connectivity index (χ0) is 13.5. The number of hydrogen-bond acceptors (Lipinski definition) is 2. The van der Waals surface area contributed by atoms with Crippen LogP contribution in [0.15, 0.2) is 18.2 Å². The molecule has 0 radical (unpaired) electrons. The van der Waals surface area contributed by atoms with Gasteiger partial charge in [0.05, 0.1) is 12.1 Å². The average molecular weight is 253 g/mol. The normalized spacial score (nSPS) is 14.5. The molecule has 0 heterocycles. The van der Waals surface area contributed by atoms with Gasteiger partial charge in [-0.2, -0.15) is 0 Å². The van der Waals surface area contributed by atoms with Crippen molar-refractivity contribution >= 4 is 0 Å². The van der Waals surface area contributed by atoms with E-state index in [9.17, 15) is 4.39 Å². The Kier molecular flexibility index (Phi) is 6.30. The fraction of sp³-hybridized carbons (Fsp3) is 0.600. The summed E-state index contributed by atoms with van der Waals surface area (Å²) in [6, 6.07) is 5.15. The first-order valence-corrected chi connectivity index (χ1v) is 6.66. The second kappa shape index (κ2) is 7.49. The molecule has 2 unspecified atom stereocenters. The second-order valence-electron chi connectivity index (χ2n) is 4.64. The molecule has 1 rings (SSSR count). The molecule has 1 N–H and O–H groups in total. The van der Waals surface area contributed by atoms with Gasteiger partial charge in [-0.15, -0.1) is 0 Å². The monoisotopic (exact) mass is 253 g/mol. The standard InChI is InChI=1S/C15H24FNO/c1-5-9-17-15(14(6-2)18-4)12-10-11(3)7-8-13(12)16/h7-8,10,14-15,17H,5-6,9H2,1-4H3. The van der Waals surface area contributed by atoms with Crippen LogP contribution in [0, 0.1) is 12.7 Å². The SMILES string of the molecule is CCCNC(c1cc(C)ccc1F)C(CC)OC. The lowest BCUT2D eigenvalue weighted by Gasteiger charge is -2.27. The lowest BCUT2D eigenvalue weighted by atomic mass is 9.97. The van der Waals surface area contributed by atoms with E-state index in [1.165, 1.54) is 6.07 Å². The zero-order valence-electron chi connectivity index (χ0n) is 11.8. The lowest BCUT2D eigenvalue weighted by molar-refractivity contribution is 0.0639. The van der Waals surface area contributed by atoms with Crippen molar-refractivity contribution in [1.82, 2.24) is 5.32 Å². The molecule has 18 heavy (non-hydrogen) atoms. The largest absolute Gasteiger partial charge is 0.379 e. The highest BCUT2D eigenvalue weighted by atomic mass is 19.1. The van der Waals surface area contributed by atoms with Gasteiger partial charge in [-0.3, -0.25) is 0 Å². The predicted molar refractivity (Wildman–Crippen MR) is 73.3 cm³/mol. The Labute approximate surface area is 110 Å². The van der Waals surface area contributed by atoms with E-state index in [1.54, 1.807) is 13.2 Å². The molecule has 0 amide bonds. The van der Waals surface area contributed by atoms with Gasteiger partial charge >= 0.3 is 0 Å². The summed E-state index contributed by atoms with van der Waals surface area (Å²) < 4.78 is 19.5. The molecule has 0 bridgehead atoms. The predicted octanol–water partition coefficient (Wildman–Crippen LogP) is 3.60. The van der Waals surface area contributed by atoms with Crippen LogP contribution in [-0.2, 0) is 4.74 Å². The Morgan fingerprint density at radius 2 is 2.06 bits per heavy atom. The van der Waals surface area contributed by atoms with Gasteiger partial charge in [0.15, 0.2) is 0 Å². The molecule has 0 spiro atoms. The molecule has 3 heteroatoms. The van der Waals surface area contributed by atoms with Crippen LogP contribution in [-0.4, -0.2) is 19.8 Å². The fourth-order valence-electron chi connectivity index (χ4n) is 2.18. The third kappa shape index (κ3) is 3.79. The molecule has 1 aromatic carbocycles. The molecule has 0 saturated carbocycles. The van der Waals surface area contributed by atoms with Crippen LogP contribution in [0.2, 0.25) is 0 Å². The highest BCUT2D eigenvalue weighted by Gasteiger charge is 2.23. The maximum absolute atomic E-state index is 14.0. The van der Waals surface area contributed by atoms with E-state index in [1.807, 2.05) is 13.0 Å². The highest BCUT2D eigenvalue weighted by Crippen LogP contribution is 2.25. The third-order valence-electron chi connectivity index (χ3n) is 3.18. The van der Waals surface area contributed by atoms with Gasteiger partial charge in [0.1, 0.15) is 5.82 Å². The molecule has 2 nitrogen and oxygen atoms in total. The maximum atomic E-state index is 14.0. The summed E-state index contributed by atoms with van der Waals surface area (Å²) in [7, 11) is 1.68. The molecule has 1 aromatic rings. The van der Waals surface area contributed by atoms with E-state index in [0.717, 1.165) is 24.9 Å². The van der Waals surface area contributed by atoms with Crippen LogP contribution >= 0.6 is 0 Å². The number of halogens is 1. The molecular weight excluding hydrogens is 229 g/mol. The van der Waals surface area contributed by atoms with Crippen molar-refractivity contribution in [3.05, 3.63) is 35.1 Å². The first-order valence-electron chi connectivity index (χ1n) is 6.66. The summed E-state index contributed by atoms with van der Waals surface area (Å²) in [5, 5.41) is 3.39. The number of methoxy groups -OCH3 is 1. The van der Waals surface area contributed by atoms with Gasteiger partial charge in [-0.25, -0.2) is 4.39 Å². The molecule has 0 aliphatic carbocycles. The fourth-order valence-corrected chi connectivity index (χ4v) is 2.18. The van der Waals surface area contributed by atoms with Crippen molar-refractivity contribution in [3.8, 4) is 0 Å². The minimum Gasteiger partial charge on any atom is -0.379 e. The van der Waals surface area contributed by atoms with Gasteiger partial charge in [0, 0.05) is 12.7 Å². The number of rotatable bonds is 7. The van der Waals surface area contributed by atoms with E-state index in [2.05, 4.69) is 19.2 Å². The quantitative estimate of drug-likeness (QED) is 0.801. The molecule has 0 saturated heterocycles. The average Bonchev–Trinajstić information content (AvgIpc) is 2.38. The van der Waals surface area contributed by atoms with Gasteiger partial charge < -0.3 is 10.1 Å². The molecule has 0 aromatic heterocycles. The number of hydrogen-bond donors (Lipinski definition) is 1. The van der Waals surface area contributed by atoms with Gasteiger partial charge in [-0.1, -0.05) is 31.5 Å². The topological polar surface area (TPSA) is 21.3 Å². The minimum absolute atomic E-state index is 0.00662. The van der Waals surface area contributed by atoms with Crippen LogP contribution in [0.3, 0.4) is 0 Å². The summed E-state index contributed by atoms with van der Waals surface area (Å²) in [5.74, 6) is -0.162. The van der Waals surface area contributed by atoms with Gasteiger partial charge in [0.2, 0.25) is 0 Å². The number of nitrogens with one attached hydrogen (secondary N) is 1. The van der Waals surface area contributed by atoms with Crippen molar-refractivity contribution < 1.29 is 9.13 Å². The van der Waals surface area contributed by atoms with Crippen molar-refractivity contribution in [2.45, 2.75) is 45.8 Å². The van der Waals surface area contributed by atoms with Crippen LogP contribution in [0.1, 0.15) is 43.9 Å². The third-order valence-corrected chi connectivity index (χ3v) is 3.18. The van der Waals surface area contributed by atoms with Gasteiger partial charge in [-0.05, 0) is 32.4 Å². The highest BCUT2D eigenvalue weighted by molar-refractivity contribution is 5.27. The first-order chi connectivity index (χ1) is 8.63. The first kappa shape index (κ1) is 15.1. The molecule has 0 fully saturated rings. The number of benzene rings is 1. The Balaban J connectivity index is 3.03. The van der Waals surface area contributed by atoms with E-state index >= 15 is 0 Å². The summed E-state index contributed by atoms with van der Waals surface area (Å²) in [6.07, 6.45) is 1.86. The molecule has 2 atom stereocenters. The lowest BCUT2D eigenvalue weighted by Crippen LogP contribution is -2.34. The Bertz CT molecular complexity index is 364. The molecule has 0 aliphatic rings. The van der Waals surface area contributed by atoms with E-state index in [0.29, 0.717) is 5.56 Å². The summed E-state index contributed by atoms with van der Waals surface area (Å²) in [5.41, 5.74) is 1.78.